The lowest BCUT2D eigenvalue weighted by Gasteiger charge is -2.12. The molecule has 3 aromatic rings. The predicted molar refractivity (Wildman–Crippen MR) is 92.4 cm³/mol. The average Bonchev–Trinajstić information content (AvgIpc) is 2.59. The minimum atomic E-state index is -0.314. The minimum Gasteiger partial charge on any atom is -0.492 e. The molecule has 1 aromatic carbocycles. The third-order valence-electron chi connectivity index (χ3n) is 3.60. The molecule has 0 saturated carbocycles. The molecule has 0 unspecified atom stereocenters. The molecule has 0 radical (unpaired) electrons. The van der Waals surface area contributed by atoms with Crippen molar-refractivity contribution in [2.24, 2.45) is 0 Å². The van der Waals surface area contributed by atoms with E-state index in [1.165, 1.54) is 0 Å². The van der Waals surface area contributed by atoms with Gasteiger partial charge in [-0.15, -0.1) is 0 Å². The fraction of sp³-hybridized carbons (Fsp3) is 0.167. The Balaban J connectivity index is 2.07. The topological polar surface area (TPSA) is 67.9 Å². The number of benzene rings is 1. The predicted octanol–water partition coefficient (Wildman–Crippen LogP) is 3.37. The van der Waals surface area contributed by atoms with Crippen LogP contribution in [0.5, 0.6) is 5.75 Å². The summed E-state index contributed by atoms with van der Waals surface area (Å²) in [5.41, 5.74) is 1.27. The van der Waals surface area contributed by atoms with E-state index in [1.807, 2.05) is 29.7 Å². The molecule has 0 spiro atoms. The number of nitriles is 1. The van der Waals surface area contributed by atoms with E-state index in [0.717, 1.165) is 5.69 Å². The maximum absolute atomic E-state index is 12.3. The van der Waals surface area contributed by atoms with Gasteiger partial charge < -0.3 is 9.30 Å². The maximum Gasteiger partial charge on any atom is 0.207 e. The smallest absolute Gasteiger partial charge is 0.207 e. The van der Waals surface area contributed by atoms with Gasteiger partial charge in [-0.05, 0) is 37.3 Å². The summed E-state index contributed by atoms with van der Waals surface area (Å²) in [6.07, 6.45) is 3.21. The second-order valence-electron chi connectivity index (χ2n) is 5.19. The Morgan fingerprint density at radius 2 is 2.17 bits per heavy atom. The lowest BCUT2D eigenvalue weighted by Crippen LogP contribution is -2.14. The number of nitrogens with zero attached hydrogens (tertiary/aromatic N) is 3. The van der Waals surface area contributed by atoms with Crippen LogP contribution in [0.15, 0.2) is 47.5 Å². The molecule has 120 valence electrons. The third kappa shape index (κ3) is 3.10. The van der Waals surface area contributed by atoms with Crippen molar-refractivity contribution in [2.75, 3.05) is 6.61 Å². The molecule has 2 aromatic heterocycles. The normalized spacial score (nSPS) is 10.5. The van der Waals surface area contributed by atoms with E-state index < -0.39 is 0 Å². The van der Waals surface area contributed by atoms with Gasteiger partial charge in [0.25, 0.3) is 0 Å². The maximum atomic E-state index is 12.3. The average molecular weight is 340 g/mol. The standard InChI is InChI=1S/C18H14ClN3O2/c1-2-24-15-5-4-14(21-9-15)11-22-10-12(8-20)18(23)16-7-13(19)3-6-17(16)22/h3-7,9-10H,2,11H2,1H3. The quantitative estimate of drug-likeness (QED) is 0.730. The number of halogens is 1. The Labute approximate surface area is 143 Å². The largest absolute Gasteiger partial charge is 0.492 e. The van der Waals surface area contributed by atoms with E-state index >= 15 is 0 Å². The van der Waals surface area contributed by atoms with Crippen molar-refractivity contribution in [3.8, 4) is 11.8 Å². The minimum absolute atomic E-state index is 0.0794. The summed E-state index contributed by atoms with van der Waals surface area (Å²) in [4.78, 5) is 16.7. The molecule has 0 aliphatic heterocycles. The highest BCUT2D eigenvalue weighted by Crippen LogP contribution is 2.19. The fourth-order valence-electron chi connectivity index (χ4n) is 2.51. The van der Waals surface area contributed by atoms with E-state index in [-0.39, 0.29) is 11.0 Å². The molecule has 5 nitrogen and oxygen atoms in total. The van der Waals surface area contributed by atoms with Gasteiger partial charge in [-0.2, -0.15) is 5.26 Å². The number of fused-ring (bicyclic) bond motifs is 1. The summed E-state index contributed by atoms with van der Waals surface area (Å²) in [7, 11) is 0. The van der Waals surface area contributed by atoms with E-state index in [4.69, 9.17) is 16.3 Å². The summed E-state index contributed by atoms with van der Waals surface area (Å²) in [6, 6.07) is 10.7. The van der Waals surface area contributed by atoms with Gasteiger partial charge in [0, 0.05) is 16.6 Å². The lowest BCUT2D eigenvalue weighted by molar-refractivity contribution is 0.338. The highest BCUT2D eigenvalue weighted by atomic mass is 35.5. The Kier molecular flexibility index (Phi) is 4.50. The van der Waals surface area contributed by atoms with Crippen LogP contribution in [0.25, 0.3) is 10.9 Å². The van der Waals surface area contributed by atoms with Crippen molar-refractivity contribution in [3.05, 3.63) is 69.2 Å². The van der Waals surface area contributed by atoms with Crippen LogP contribution < -0.4 is 10.2 Å². The van der Waals surface area contributed by atoms with Crippen LogP contribution in [0.2, 0.25) is 5.02 Å². The number of pyridine rings is 2. The summed E-state index contributed by atoms with van der Waals surface area (Å²) >= 11 is 5.99. The number of hydrogen-bond donors (Lipinski definition) is 0. The highest BCUT2D eigenvalue weighted by molar-refractivity contribution is 6.31. The summed E-state index contributed by atoms with van der Waals surface area (Å²) < 4.78 is 7.21. The molecule has 0 fully saturated rings. The van der Waals surface area contributed by atoms with E-state index in [1.54, 1.807) is 30.6 Å². The molecule has 6 heteroatoms. The van der Waals surface area contributed by atoms with Crippen LogP contribution >= 0.6 is 11.6 Å². The zero-order valence-corrected chi connectivity index (χ0v) is 13.7. The Bertz CT molecular complexity index is 988. The SMILES string of the molecule is CCOc1ccc(Cn2cc(C#N)c(=O)c3cc(Cl)ccc32)nc1. The van der Waals surface area contributed by atoms with E-state index in [2.05, 4.69) is 4.98 Å². The van der Waals surface area contributed by atoms with Crippen LogP contribution in [-0.2, 0) is 6.54 Å². The van der Waals surface area contributed by atoms with Gasteiger partial charge in [-0.3, -0.25) is 9.78 Å². The molecule has 0 atom stereocenters. The fourth-order valence-corrected chi connectivity index (χ4v) is 2.68. The molecular formula is C18H14ClN3O2. The Morgan fingerprint density at radius 3 is 2.83 bits per heavy atom. The highest BCUT2D eigenvalue weighted by Gasteiger charge is 2.10. The van der Waals surface area contributed by atoms with Gasteiger partial charge in [0.1, 0.15) is 17.4 Å². The van der Waals surface area contributed by atoms with E-state index in [9.17, 15) is 10.1 Å². The van der Waals surface area contributed by atoms with Crippen molar-refractivity contribution in [1.82, 2.24) is 9.55 Å². The molecule has 0 aliphatic rings. The molecule has 2 heterocycles. The summed E-state index contributed by atoms with van der Waals surface area (Å²) in [5.74, 6) is 0.704. The molecule has 0 bridgehead atoms. The second kappa shape index (κ2) is 6.73. The van der Waals surface area contributed by atoms with Crippen molar-refractivity contribution in [1.29, 1.82) is 5.26 Å². The monoisotopic (exact) mass is 339 g/mol. The van der Waals surface area contributed by atoms with Crippen LogP contribution in [0.3, 0.4) is 0 Å². The Morgan fingerprint density at radius 1 is 1.33 bits per heavy atom. The van der Waals surface area contributed by atoms with Gasteiger partial charge in [-0.1, -0.05) is 11.6 Å². The number of hydrogen-bond acceptors (Lipinski definition) is 4. The van der Waals surface area contributed by atoms with Gasteiger partial charge >= 0.3 is 0 Å². The van der Waals surface area contributed by atoms with Crippen LogP contribution in [0.4, 0.5) is 0 Å². The van der Waals surface area contributed by atoms with Crippen molar-refractivity contribution >= 4 is 22.5 Å². The van der Waals surface area contributed by atoms with E-state index in [0.29, 0.717) is 34.8 Å². The third-order valence-corrected chi connectivity index (χ3v) is 3.84. The lowest BCUT2D eigenvalue weighted by atomic mass is 10.1. The van der Waals surface area contributed by atoms with Crippen molar-refractivity contribution in [3.63, 3.8) is 0 Å². The molecule has 24 heavy (non-hydrogen) atoms. The van der Waals surface area contributed by atoms with Crippen molar-refractivity contribution < 1.29 is 4.74 Å². The molecule has 0 aliphatic carbocycles. The number of ether oxygens (including phenoxy) is 1. The van der Waals surface area contributed by atoms with Crippen molar-refractivity contribution in [2.45, 2.75) is 13.5 Å². The van der Waals surface area contributed by atoms with Gasteiger partial charge in [0.2, 0.25) is 5.43 Å². The first-order chi connectivity index (χ1) is 11.6. The van der Waals surface area contributed by atoms with Gasteiger partial charge in [0.05, 0.1) is 30.6 Å². The van der Waals surface area contributed by atoms with Gasteiger partial charge in [0.15, 0.2) is 0 Å². The molecule has 0 saturated heterocycles. The van der Waals surface area contributed by atoms with Gasteiger partial charge in [-0.25, -0.2) is 0 Å². The molecule has 3 rings (SSSR count). The zero-order valence-electron chi connectivity index (χ0n) is 13.0. The first kappa shape index (κ1) is 16.0. The Hall–Kier alpha value is -2.84. The first-order valence-electron chi connectivity index (χ1n) is 7.43. The zero-order chi connectivity index (χ0) is 17.1. The first-order valence-corrected chi connectivity index (χ1v) is 7.80. The summed E-state index contributed by atoms with van der Waals surface area (Å²) in [5, 5.41) is 10.1. The van der Waals surface area contributed by atoms with Crippen LogP contribution in [0, 0.1) is 11.3 Å². The summed E-state index contributed by atoms with van der Waals surface area (Å²) in [6.45, 7) is 2.92. The second-order valence-corrected chi connectivity index (χ2v) is 5.63. The molecule has 0 amide bonds. The molecule has 0 N–H and O–H groups in total. The van der Waals surface area contributed by atoms with Crippen LogP contribution in [-0.4, -0.2) is 16.2 Å². The number of aromatic nitrogens is 2. The molecular weight excluding hydrogens is 326 g/mol. The number of rotatable bonds is 4. The van der Waals surface area contributed by atoms with Crippen LogP contribution in [0.1, 0.15) is 18.2 Å².